The molecule has 0 amide bonds. The van der Waals surface area contributed by atoms with Crippen molar-refractivity contribution >= 4 is 16.1 Å². The van der Waals surface area contributed by atoms with Gasteiger partial charge in [-0.15, -0.1) is 0 Å². The Morgan fingerprint density at radius 3 is 1.86 bits per heavy atom. The first-order valence-corrected chi connectivity index (χ1v) is 7.32. The van der Waals surface area contributed by atoms with Gasteiger partial charge in [-0.3, -0.25) is 0 Å². The molecule has 0 N–H and O–H groups in total. The predicted octanol–water partition coefficient (Wildman–Crippen LogP) is 3.36. The smallest absolute Gasteiger partial charge is 0.335 e. The van der Waals surface area contributed by atoms with Crippen LogP contribution in [0.25, 0.3) is 11.1 Å². The molecule has 0 aliphatic carbocycles. The number of halogens is 3. The molecule has 0 atom stereocenters. The van der Waals surface area contributed by atoms with Gasteiger partial charge in [-0.2, -0.15) is 21.6 Å². The van der Waals surface area contributed by atoms with Gasteiger partial charge in [-0.25, -0.2) is 4.79 Å². The zero-order valence-corrected chi connectivity index (χ0v) is 11.7. The van der Waals surface area contributed by atoms with Crippen molar-refractivity contribution in [3.05, 3.63) is 60.2 Å². The summed E-state index contributed by atoms with van der Waals surface area (Å²) in [6, 6.07) is 14.4. The first-order valence-electron chi connectivity index (χ1n) is 5.91. The molecule has 0 aromatic heterocycles. The van der Waals surface area contributed by atoms with Crippen molar-refractivity contribution in [3.8, 4) is 11.1 Å². The summed E-state index contributed by atoms with van der Waals surface area (Å²) in [6.45, 7) is 0. The van der Waals surface area contributed by atoms with Gasteiger partial charge in [-0.05, 0) is 23.3 Å². The van der Waals surface area contributed by atoms with E-state index in [1.54, 1.807) is 24.3 Å². The van der Waals surface area contributed by atoms with Crippen LogP contribution in [-0.4, -0.2) is 19.9 Å². The highest BCUT2D eigenvalue weighted by molar-refractivity contribution is 7.88. The fourth-order valence-electron chi connectivity index (χ4n) is 1.62. The molecule has 2 rings (SSSR count). The quantitative estimate of drug-likeness (QED) is 0.639. The summed E-state index contributed by atoms with van der Waals surface area (Å²) >= 11 is 0. The van der Waals surface area contributed by atoms with Gasteiger partial charge in [0, 0.05) is 0 Å². The zero-order valence-electron chi connectivity index (χ0n) is 10.9. The zero-order chi connectivity index (χ0) is 16.4. The van der Waals surface area contributed by atoms with Crippen LogP contribution in [0.1, 0.15) is 10.4 Å². The van der Waals surface area contributed by atoms with Gasteiger partial charge >= 0.3 is 21.6 Å². The minimum absolute atomic E-state index is 0.299. The molecule has 0 aliphatic heterocycles. The summed E-state index contributed by atoms with van der Waals surface area (Å²) in [5.41, 5.74) is -4.39. The van der Waals surface area contributed by atoms with Crippen LogP contribution in [0.15, 0.2) is 54.6 Å². The maximum atomic E-state index is 12.1. The number of carbonyl (C=O) groups excluding carboxylic acids is 1. The lowest BCUT2D eigenvalue weighted by Crippen LogP contribution is -2.28. The number of hydrogen-bond donors (Lipinski definition) is 0. The van der Waals surface area contributed by atoms with Crippen LogP contribution in [0.3, 0.4) is 0 Å². The summed E-state index contributed by atoms with van der Waals surface area (Å²) in [4.78, 5) is 11.5. The summed E-state index contributed by atoms with van der Waals surface area (Å²) in [5, 5.41) is 0. The molecule has 0 spiro atoms. The molecule has 0 fully saturated rings. The third kappa shape index (κ3) is 3.45. The fraction of sp³-hybridized carbons (Fsp3) is 0.0714. The predicted molar refractivity (Wildman–Crippen MR) is 72.3 cm³/mol. The van der Waals surface area contributed by atoms with Crippen molar-refractivity contribution in [2.24, 2.45) is 0 Å². The molecule has 4 nitrogen and oxygen atoms in total. The van der Waals surface area contributed by atoms with E-state index in [0.29, 0.717) is 0 Å². The van der Waals surface area contributed by atoms with Crippen LogP contribution in [0, 0.1) is 0 Å². The van der Waals surface area contributed by atoms with E-state index in [1.165, 1.54) is 24.3 Å². The van der Waals surface area contributed by atoms with E-state index in [0.717, 1.165) is 11.1 Å². The van der Waals surface area contributed by atoms with Gasteiger partial charge in [0.15, 0.2) is 0 Å². The van der Waals surface area contributed by atoms with Crippen molar-refractivity contribution in [1.82, 2.24) is 0 Å². The highest BCUT2D eigenvalue weighted by Gasteiger charge is 2.49. The second kappa shape index (κ2) is 5.80. The summed E-state index contributed by atoms with van der Waals surface area (Å²) < 4.78 is 61.4. The van der Waals surface area contributed by atoms with Crippen molar-refractivity contribution in [2.45, 2.75) is 5.51 Å². The van der Waals surface area contributed by atoms with E-state index < -0.39 is 21.6 Å². The van der Waals surface area contributed by atoms with Crippen LogP contribution >= 0.6 is 0 Å². The minimum Gasteiger partial charge on any atom is -0.335 e. The minimum atomic E-state index is -5.96. The van der Waals surface area contributed by atoms with Gasteiger partial charge in [-0.1, -0.05) is 42.5 Å². The van der Waals surface area contributed by atoms with Crippen LogP contribution in [0.4, 0.5) is 13.2 Å². The lowest BCUT2D eigenvalue weighted by molar-refractivity contribution is -0.0525. The first-order chi connectivity index (χ1) is 10.2. The molecule has 116 valence electrons. The Morgan fingerprint density at radius 2 is 1.36 bits per heavy atom. The summed E-state index contributed by atoms with van der Waals surface area (Å²) in [6.07, 6.45) is 0. The van der Waals surface area contributed by atoms with E-state index in [1.807, 2.05) is 6.07 Å². The summed E-state index contributed by atoms with van der Waals surface area (Å²) in [7, 11) is -5.96. The number of alkyl halides is 3. The van der Waals surface area contributed by atoms with E-state index >= 15 is 0 Å². The summed E-state index contributed by atoms with van der Waals surface area (Å²) in [5.74, 6) is -1.59. The average Bonchev–Trinajstić information content (AvgIpc) is 2.47. The Bertz CT molecular complexity index is 766. The Kier molecular flexibility index (Phi) is 4.23. The maximum Gasteiger partial charge on any atom is 0.534 e. The van der Waals surface area contributed by atoms with Crippen molar-refractivity contribution in [2.75, 3.05) is 0 Å². The SMILES string of the molecule is O=C(OS(=O)(=O)C(F)(F)F)c1ccc(-c2ccccc2)cc1. The number of benzene rings is 2. The molecule has 0 bridgehead atoms. The van der Waals surface area contributed by atoms with Gasteiger partial charge in [0.25, 0.3) is 0 Å². The molecule has 0 saturated heterocycles. The molecule has 0 saturated carbocycles. The maximum absolute atomic E-state index is 12.1. The van der Waals surface area contributed by atoms with Gasteiger partial charge in [0.2, 0.25) is 0 Å². The molecular formula is C14H9F3O4S. The largest absolute Gasteiger partial charge is 0.534 e. The molecule has 8 heteroatoms. The second-order valence-electron chi connectivity index (χ2n) is 4.21. The van der Waals surface area contributed by atoms with E-state index in [9.17, 15) is 26.4 Å². The van der Waals surface area contributed by atoms with Gasteiger partial charge in [0.05, 0.1) is 5.56 Å². The van der Waals surface area contributed by atoms with Crippen molar-refractivity contribution in [1.29, 1.82) is 0 Å². The molecule has 0 unspecified atom stereocenters. The molecular weight excluding hydrogens is 321 g/mol. The van der Waals surface area contributed by atoms with E-state index in [-0.39, 0.29) is 5.56 Å². The fourth-order valence-corrected chi connectivity index (χ4v) is 2.01. The number of hydrogen-bond acceptors (Lipinski definition) is 4. The lowest BCUT2D eigenvalue weighted by Gasteiger charge is -2.08. The first kappa shape index (κ1) is 16.0. The third-order valence-corrected chi connectivity index (χ3v) is 3.63. The molecule has 0 heterocycles. The molecule has 2 aromatic carbocycles. The van der Waals surface area contributed by atoms with E-state index in [2.05, 4.69) is 4.18 Å². The van der Waals surface area contributed by atoms with Gasteiger partial charge < -0.3 is 4.18 Å². The Balaban J connectivity index is 2.19. The highest BCUT2D eigenvalue weighted by atomic mass is 32.2. The highest BCUT2D eigenvalue weighted by Crippen LogP contribution is 2.26. The standard InChI is InChI=1S/C14H9F3O4S/c15-14(16,17)22(19,20)21-13(18)12-8-6-11(7-9-12)10-4-2-1-3-5-10/h1-9H. The molecule has 0 radical (unpaired) electrons. The molecule has 2 aromatic rings. The Morgan fingerprint density at radius 1 is 0.864 bits per heavy atom. The van der Waals surface area contributed by atoms with Crippen LogP contribution in [0.5, 0.6) is 0 Å². The Labute approximate surface area is 124 Å². The Hall–Kier alpha value is -2.35. The number of rotatable bonds is 3. The average molecular weight is 330 g/mol. The number of carbonyl (C=O) groups is 1. The van der Waals surface area contributed by atoms with Gasteiger partial charge in [0.1, 0.15) is 0 Å². The topological polar surface area (TPSA) is 60.4 Å². The monoisotopic (exact) mass is 330 g/mol. The van der Waals surface area contributed by atoms with Crippen molar-refractivity contribution in [3.63, 3.8) is 0 Å². The molecule has 22 heavy (non-hydrogen) atoms. The normalized spacial score (nSPS) is 12.0. The second-order valence-corrected chi connectivity index (χ2v) is 5.75. The lowest BCUT2D eigenvalue weighted by atomic mass is 10.0. The molecule has 0 aliphatic rings. The van der Waals surface area contributed by atoms with Crippen molar-refractivity contribution < 1.29 is 30.6 Å². The van der Waals surface area contributed by atoms with Crippen LogP contribution in [-0.2, 0) is 14.3 Å². The third-order valence-electron chi connectivity index (χ3n) is 2.70. The van der Waals surface area contributed by atoms with Crippen LogP contribution < -0.4 is 0 Å². The van der Waals surface area contributed by atoms with Crippen LogP contribution in [0.2, 0.25) is 0 Å². The van der Waals surface area contributed by atoms with E-state index in [4.69, 9.17) is 0 Å².